The van der Waals surface area contributed by atoms with Gasteiger partial charge in [0.25, 0.3) is 0 Å². The summed E-state index contributed by atoms with van der Waals surface area (Å²) in [5, 5.41) is 3.27. The molecule has 4 rings (SSSR count). The Morgan fingerprint density at radius 1 is 0.590 bits per heavy atom. The Labute approximate surface area is 246 Å². The molecule has 4 aromatic rings. The van der Waals surface area contributed by atoms with Gasteiger partial charge in [0.05, 0.1) is 18.7 Å². The molecule has 0 amide bonds. The molecule has 214 valence electrons. The molecule has 0 saturated carbocycles. The molecule has 3 aromatic heterocycles. The number of nitrogens with one attached hydrogen (secondary N) is 1. The predicted octanol–water partition coefficient (Wildman–Crippen LogP) is 9.51. The van der Waals surface area contributed by atoms with Gasteiger partial charge in [0.15, 0.2) is 11.3 Å². The predicted molar refractivity (Wildman–Crippen MR) is 183 cm³/mol. The summed E-state index contributed by atoms with van der Waals surface area (Å²) in [6, 6.07) is 8.77. The van der Waals surface area contributed by atoms with E-state index in [9.17, 15) is 0 Å². The number of aromatic nitrogens is 3. The number of hydrogen-bond donors (Lipinski definition) is 1. The molecule has 0 atom stereocenters. The molecule has 0 fully saturated rings. The Hall–Kier alpha value is -1.49. The summed E-state index contributed by atoms with van der Waals surface area (Å²) in [7, 11) is -1.79. The monoisotopic (exact) mass is 598 g/mol. The van der Waals surface area contributed by atoms with Crippen LogP contribution in [0.3, 0.4) is 0 Å². The summed E-state index contributed by atoms with van der Waals surface area (Å²) in [5.41, 5.74) is 8.27. The first-order valence-electron chi connectivity index (χ1n) is 14.9. The van der Waals surface area contributed by atoms with Crippen LogP contribution < -0.4 is 14.6 Å². The normalized spacial score (nSPS) is 13.6. The first-order valence-corrected chi connectivity index (χ1v) is 21.0. The van der Waals surface area contributed by atoms with Gasteiger partial charge in [0, 0.05) is 18.4 Å². The summed E-state index contributed by atoms with van der Waals surface area (Å²) in [5.74, 6) is 0. The van der Waals surface area contributed by atoms with E-state index in [4.69, 9.17) is 9.97 Å². The molecule has 4 nitrogen and oxygen atoms in total. The average molecular weight is 599 g/mol. The van der Waals surface area contributed by atoms with Crippen LogP contribution >= 0.6 is 22.7 Å². The third-order valence-electron chi connectivity index (χ3n) is 9.74. The number of anilines is 1. The van der Waals surface area contributed by atoms with Crippen LogP contribution in [0.1, 0.15) is 83.1 Å². The summed E-state index contributed by atoms with van der Waals surface area (Å²) in [4.78, 5) is 11.2. The van der Waals surface area contributed by atoms with Crippen molar-refractivity contribution in [2.24, 2.45) is 0 Å². The summed E-state index contributed by atoms with van der Waals surface area (Å²) >= 11 is 3.99. The molecule has 0 saturated heterocycles. The van der Waals surface area contributed by atoms with Gasteiger partial charge >= 0.3 is 0 Å². The lowest BCUT2D eigenvalue weighted by Crippen LogP contribution is -2.55. The first-order chi connectivity index (χ1) is 18.3. The lowest BCUT2D eigenvalue weighted by atomic mass is 10.3. The van der Waals surface area contributed by atoms with E-state index in [1.807, 2.05) is 29.7 Å². The molecule has 39 heavy (non-hydrogen) atoms. The third-order valence-corrected chi connectivity index (χ3v) is 27.5. The molecule has 0 aliphatic rings. The van der Waals surface area contributed by atoms with Gasteiger partial charge in [-0.05, 0) is 57.5 Å². The van der Waals surface area contributed by atoms with Crippen LogP contribution in [0.5, 0.6) is 0 Å². The minimum atomic E-state index is -1.88. The van der Waals surface area contributed by atoms with Crippen LogP contribution in [0.25, 0.3) is 26.4 Å². The zero-order valence-corrected chi connectivity index (χ0v) is 30.1. The first kappa shape index (κ1) is 30.5. The Balaban J connectivity index is 2.12. The van der Waals surface area contributed by atoms with Gasteiger partial charge in [-0.25, -0.2) is 9.97 Å². The van der Waals surface area contributed by atoms with Crippen LogP contribution in [0.2, 0.25) is 33.2 Å². The topological polar surface area (TPSA) is 42.7 Å². The van der Waals surface area contributed by atoms with Crippen molar-refractivity contribution in [3.8, 4) is 5.69 Å². The van der Waals surface area contributed by atoms with Gasteiger partial charge in [0.1, 0.15) is 16.1 Å². The molecule has 1 aromatic carbocycles. The number of nitrogens with zero attached hydrogens (tertiary/aromatic N) is 3. The van der Waals surface area contributed by atoms with Crippen molar-refractivity contribution in [1.29, 1.82) is 0 Å². The second kappa shape index (κ2) is 11.1. The highest BCUT2D eigenvalue weighted by molar-refractivity contribution is 7.37. The van der Waals surface area contributed by atoms with Gasteiger partial charge in [-0.1, -0.05) is 83.1 Å². The summed E-state index contributed by atoms with van der Waals surface area (Å²) in [6.45, 7) is 29.3. The van der Waals surface area contributed by atoms with E-state index in [1.165, 1.54) is 18.7 Å². The fourth-order valence-corrected chi connectivity index (χ4v) is 27.8. The zero-order valence-electron chi connectivity index (χ0n) is 26.4. The Morgan fingerprint density at radius 3 is 1.21 bits per heavy atom. The lowest BCUT2D eigenvalue weighted by Gasteiger charge is -2.41. The largest absolute Gasteiger partial charge is 0.388 e. The quantitative estimate of drug-likeness (QED) is 0.185. The highest BCUT2D eigenvalue weighted by atomic mass is 32.1. The fourth-order valence-electron chi connectivity index (χ4n) is 8.20. The highest BCUT2D eigenvalue weighted by Crippen LogP contribution is 2.46. The number of thiazole rings is 2. The highest BCUT2D eigenvalue weighted by Gasteiger charge is 2.49. The minimum absolute atomic E-state index is 0.631. The van der Waals surface area contributed by atoms with E-state index < -0.39 is 16.1 Å². The Kier molecular flexibility index (Phi) is 8.65. The van der Waals surface area contributed by atoms with E-state index in [0.717, 1.165) is 22.7 Å². The summed E-state index contributed by atoms with van der Waals surface area (Å²) in [6.07, 6.45) is 0. The summed E-state index contributed by atoms with van der Waals surface area (Å²) < 4.78 is 7.92. The molecule has 0 aliphatic carbocycles. The van der Waals surface area contributed by atoms with Crippen molar-refractivity contribution in [3.05, 3.63) is 24.3 Å². The smallest absolute Gasteiger partial charge is 0.158 e. The maximum absolute atomic E-state index is 5.58. The van der Waals surface area contributed by atoms with Crippen LogP contribution in [-0.4, -0.2) is 37.7 Å². The maximum Gasteiger partial charge on any atom is 0.158 e. The molecular formula is C31H50N4S2Si2. The minimum Gasteiger partial charge on any atom is -0.388 e. The van der Waals surface area contributed by atoms with E-state index in [-0.39, 0.29) is 0 Å². The molecule has 3 heterocycles. The van der Waals surface area contributed by atoms with Gasteiger partial charge in [-0.3, -0.25) is 4.57 Å². The van der Waals surface area contributed by atoms with Crippen molar-refractivity contribution in [3.63, 3.8) is 0 Å². The standard InChI is InChI=1S/C31H50N4S2Si2/c1-18(2)38(19(3)4,20(5)6)30-33-28-26(36-30)27-29(35(28)25-16-14-24(32-13)15-17-25)34-31(37-27)39(21(7)8,22(9)10)23(11)12/h14-23,32H,1-13H3. The average Bonchev–Trinajstić information content (AvgIpc) is 3.50. The van der Waals surface area contributed by atoms with E-state index >= 15 is 0 Å². The van der Waals surface area contributed by atoms with Gasteiger partial charge in [-0.15, -0.1) is 22.7 Å². The lowest BCUT2D eigenvalue weighted by molar-refractivity contribution is 0.833. The van der Waals surface area contributed by atoms with Crippen molar-refractivity contribution < 1.29 is 0 Å². The maximum atomic E-state index is 5.58. The Morgan fingerprint density at radius 2 is 0.923 bits per heavy atom. The zero-order chi connectivity index (χ0) is 29.0. The molecule has 1 N–H and O–H groups in total. The number of rotatable bonds is 10. The molecular weight excluding hydrogens is 549 g/mol. The number of benzene rings is 1. The number of hydrogen-bond acceptors (Lipinski definition) is 5. The number of fused-ring (bicyclic) bond motifs is 3. The van der Waals surface area contributed by atoms with E-state index in [2.05, 4.69) is 117 Å². The van der Waals surface area contributed by atoms with Crippen LogP contribution in [0, 0.1) is 0 Å². The van der Waals surface area contributed by atoms with Crippen LogP contribution in [0.15, 0.2) is 24.3 Å². The molecule has 8 heteroatoms. The second-order valence-corrected chi connectivity index (χ2v) is 27.6. The van der Waals surface area contributed by atoms with Crippen LogP contribution in [0.4, 0.5) is 5.69 Å². The second-order valence-electron chi connectivity index (χ2n) is 13.3. The van der Waals surface area contributed by atoms with Crippen LogP contribution in [-0.2, 0) is 0 Å². The van der Waals surface area contributed by atoms with Crippen molar-refractivity contribution >= 4 is 74.5 Å². The van der Waals surface area contributed by atoms with Gasteiger partial charge in [0.2, 0.25) is 0 Å². The fraction of sp³-hybridized carbons (Fsp3) is 0.613. The molecule has 0 bridgehead atoms. The SMILES string of the molecule is CNc1ccc(-n2c3nc([Si](C(C)C)(C(C)C)C(C)C)sc3c3sc([Si](C(C)C)(C(C)C)C(C)C)nc32)cc1. The molecule has 0 spiro atoms. The third kappa shape index (κ3) is 4.48. The van der Waals surface area contributed by atoms with E-state index in [0.29, 0.717) is 33.2 Å². The van der Waals surface area contributed by atoms with Crippen molar-refractivity contribution in [2.75, 3.05) is 12.4 Å². The van der Waals surface area contributed by atoms with Crippen molar-refractivity contribution in [1.82, 2.24) is 14.5 Å². The Bertz CT molecular complexity index is 1300. The van der Waals surface area contributed by atoms with Gasteiger partial charge < -0.3 is 5.32 Å². The molecule has 0 aliphatic heterocycles. The molecule has 0 unspecified atom stereocenters. The van der Waals surface area contributed by atoms with E-state index in [1.54, 1.807) is 0 Å². The van der Waals surface area contributed by atoms with Gasteiger partial charge in [-0.2, -0.15) is 0 Å². The van der Waals surface area contributed by atoms with Crippen molar-refractivity contribution in [2.45, 2.75) is 116 Å². The molecule has 0 radical (unpaired) electrons.